The number of carbonyl (C=O) groups excluding carboxylic acids is 2. The molecule has 1 saturated heterocycles. The Hall–Kier alpha value is -3.84. The monoisotopic (exact) mass is 458 g/mol. The predicted octanol–water partition coefficient (Wildman–Crippen LogP) is 3.52. The standard InChI is InChI=1S/C27H30N4O3/c1-34-27(33)24-20-22(28)12-13-25(24)31(26(32)21-8-4-2-5-9-21)19-16-29-14-17-30(18-15-29)23-10-6-3-7-11-23/h2-13,20H,14-19,28H2,1H3. The van der Waals surface area contributed by atoms with Gasteiger partial charge < -0.3 is 20.3 Å². The van der Waals surface area contributed by atoms with Crippen molar-refractivity contribution in [3.63, 3.8) is 0 Å². The number of ether oxygens (including phenoxy) is 1. The van der Waals surface area contributed by atoms with Gasteiger partial charge in [0.05, 0.1) is 18.4 Å². The summed E-state index contributed by atoms with van der Waals surface area (Å²) in [6.07, 6.45) is 0. The number of rotatable bonds is 7. The van der Waals surface area contributed by atoms with Crippen LogP contribution in [0.15, 0.2) is 78.9 Å². The van der Waals surface area contributed by atoms with Crippen LogP contribution >= 0.6 is 0 Å². The Morgan fingerprint density at radius 2 is 1.56 bits per heavy atom. The molecule has 176 valence electrons. The van der Waals surface area contributed by atoms with Gasteiger partial charge in [-0.3, -0.25) is 9.69 Å². The zero-order chi connectivity index (χ0) is 23.9. The summed E-state index contributed by atoms with van der Waals surface area (Å²) in [7, 11) is 1.32. The van der Waals surface area contributed by atoms with E-state index in [1.54, 1.807) is 35.2 Å². The molecule has 0 radical (unpaired) electrons. The van der Waals surface area contributed by atoms with Gasteiger partial charge in [0.25, 0.3) is 5.91 Å². The van der Waals surface area contributed by atoms with Gasteiger partial charge >= 0.3 is 5.97 Å². The van der Waals surface area contributed by atoms with Crippen LogP contribution in [-0.4, -0.2) is 63.2 Å². The Labute approximate surface area is 200 Å². The molecule has 3 aromatic rings. The normalized spacial score (nSPS) is 14.0. The van der Waals surface area contributed by atoms with Crippen molar-refractivity contribution in [2.45, 2.75) is 0 Å². The topological polar surface area (TPSA) is 79.1 Å². The third kappa shape index (κ3) is 5.38. The van der Waals surface area contributed by atoms with Gasteiger partial charge in [-0.25, -0.2) is 4.79 Å². The number of anilines is 3. The Morgan fingerprint density at radius 1 is 0.912 bits per heavy atom. The van der Waals surface area contributed by atoms with E-state index < -0.39 is 5.97 Å². The first-order valence-electron chi connectivity index (χ1n) is 11.4. The van der Waals surface area contributed by atoms with E-state index in [2.05, 4.69) is 34.1 Å². The second kappa shape index (κ2) is 10.9. The van der Waals surface area contributed by atoms with Crippen molar-refractivity contribution in [3.05, 3.63) is 90.0 Å². The third-order valence-corrected chi connectivity index (χ3v) is 6.12. The molecule has 34 heavy (non-hydrogen) atoms. The fourth-order valence-electron chi connectivity index (χ4n) is 4.24. The number of hydrogen-bond donors (Lipinski definition) is 1. The maximum atomic E-state index is 13.5. The Kier molecular flexibility index (Phi) is 7.44. The van der Waals surface area contributed by atoms with Crippen molar-refractivity contribution < 1.29 is 14.3 Å². The van der Waals surface area contributed by atoms with Gasteiger partial charge in [0.2, 0.25) is 0 Å². The lowest BCUT2D eigenvalue weighted by atomic mass is 10.1. The molecule has 1 fully saturated rings. The van der Waals surface area contributed by atoms with Gasteiger partial charge in [-0.15, -0.1) is 0 Å². The van der Waals surface area contributed by atoms with Crippen molar-refractivity contribution >= 4 is 28.9 Å². The fraction of sp³-hybridized carbons (Fsp3) is 0.259. The van der Waals surface area contributed by atoms with Crippen LogP contribution in [0, 0.1) is 0 Å². The van der Waals surface area contributed by atoms with E-state index in [0.717, 1.165) is 26.2 Å². The van der Waals surface area contributed by atoms with Crippen molar-refractivity contribution in [3.8, 4) is 0 Å². The van der Waals surface area contributed by atoms with Gasteiger partial charge in [-0.05, 0) is 42.5 Å². The lowest BCUT2D eigenvalue weighted by molar-refractivity contribution is 0.0601. The minimum Gasteiger partial charge on any atom is -0.465 e. The van der Waals surface area contributed by atoms with Crippen LogP contribution in [-0.2, 0) is 4.74 Å². The minimum atomic E-state index is -0.523. The number of esters is 1. The number of para-hydroxylation sites is 1. The molecule has 1 aliphatic rings. The fourth-order valence-corrected chi connectivity index (χ4v) is 4.24. The molecule has 0 spiro atoms. The number of amides is 1. The molecule has 0 bridgehead atoms. The second-order valence-corrected chi connectivity index (χ2v) is 8.26. The maximum Gasteiger partial charge on any atom is 0.340 e. The number of benzene rings is 3. The number of nitrogens with two attached hydrogens (primary N) is 1. The molecule has 0 saturated carbocycles. The van der Waals surface area contributed by atoms with Crippen LogP contribution < -0.4 is 15.5 Å². The van der Waals surface area contributed by atoms with Gasteiger partial charge in [0, 0.05) is 56.2 Å². The molecular weight excluding hydrogens is 428 g/mol. The Morgan fingerprint density at radius 3 is 2.21 bits per heavy atom. The van der Waals surface area contributed by atoms with Gasteiger partial charge in [0.15, 0.2) is 0 Å². The van der Waals surface area contributed by atoms with Gasteiger partial charge in [-0.1, -0.05) is 36.4 Å². The summed E-state index contributed by atoms with van der Waals surface area (Å²) in [4.78, 5) is 32.4. The summed E-state index contributed by atoms with van der Waals surface area (Å²) < 4.78 is 4.97. The van der Waals surface area contributed by atoms with E-state index in [4.69, 9.17) is 10.5 Å². The molecule has 0 atom stereocenters. The van der Waals surface area contributed by atoms with E-state index in [0.29, 0.717) is 30.0 Å². The minimum absolute atomic E-state index is 0.168. The van der Waals surface area contributed by atoms with E-state index in [1.807, 2.05) is 24.3 Å². The summed E-state index contributed by atoms with van der Waals surface area (Å²) in [6, 6.07) is 24.5. The highest BCUT2D eigenvalue weighted by atomic mass is 16.5. The first-order valence-corrected chi connectivity index (χ1v) is 11.4. The second-order valence-electron chi connectivity index (χ2n) is 8.26. The molecule has 4 rings (SSSR count). The molecule has 2 N–H and O–H groups in total. The summed E-state index contributed by atoms with van der Waals surface area (Å²) in [5, 5.41) is 0. The highest BCUT2D eigenvalue weighted by Gasteiger charge is 2.25. The van der Waals surface area contributed by atoms with Crippen LogP contribution in [0.25, 0.3) is 0 Å². The highest BCUT2D eigenvalue weighted by molar-refractivity contribution is 6.09. The molecule has 1 amide bonds. The lowest BCUT2D eigenvalue weighted by Gasteiger charge is -2.37. The van der Waals surface area contributed by atoms with Crippen LogP contribution in [0.4, 0.5) is 17.1 Å². The van der Waals surface area contributed by atoms with Gasteiger partial charge in [-0.2, -0.15) is 0 Å². The van der Waals surface area contributed by atoms with E-state index in [-0.39, 0.29) is 11.5 Å². The Bertz CT molecular complexity index is 1110. The van der Waals surface area contributed by atoms with Gasteiger partial charge in [0.1, 0.15) is 0 Å². The molecule has 1 heterocycles. The average Bonchev–Trinajstić information content (AvgIpc) is 2.90. The summed E-state index contributed by atoms with van der Waals surface area (Å²) in [5.74, 6) is -0.692. The number of nitrogen functional groups attached to an aromatic ring is 1. The number of nitrogens with zero attached hydrogens (tertiary/aromatic N) is 3. The Balaban J connectivity index is 1.52. The van der Waals surface area contributed by atoms with Crippen LogP contribution in [0.2, 0.25) is 0 Å². The number of methoxy groups -OCH3 is 1. The number of hydrogen-bond acceptors (Lipinski definition) is 6. The molecule has 0 unspecified atom stereocenters. The quantitative estimate of drug-likeness (QED) is 0.431. The average molecular weight is 459 g/mol. The van der Waals surface area contributed by atoms with Crippen LogP contribution in [0.3, 0.4) is 0 Å². The molecule has 0 aromatic heterocycles. The van der Waals surface area contributed by atoms with Crippen molar-refractivity contribution in [2.24, 2.45) is 0 Å². The maximum absolute atomic E-state index is 13.5. The first kappa shape index (κ1) is 23.3. The molecular formula is C27H30N4O3. The van der Waals surface area contributed by atoms with Crippen LogP contribution in [0.1, 0.15) is 20.7 Å². The largest absolute Gasteiger partial charge is 0.465 e. The molecule has 3 aromatic carbocycles. The zero-order valence-electron chi connectivity index (χ0n) is 19.4. The van der Waals surface area contributed by atoms with E-state index in [1.165, 1.54) is 12.8 Å². The molecule has 1 aliphatic heterocycles. The molecule has 0 aliphatic carbocycles. The van der Waals surface area contributed by atoms with E-state index >= 15 is 0 Å². The molecule has 7 heteroatoms. The van der Waals surface area contributed by atoms with Crippen molar-refractivity contribution in [1.82, 2.24) is 4.90 Å². The predicted molar refractivity (Wildman–Crippen MR) is 135 cm³/mol. The van der Waals surface area contributed by atoms with Crippen molar-refractivity contribution in [2.75, 3.05) is 61.9 Å². The SMILES string of the molecule is COC(=O)c1cc(N)ccc1N(CCN1CCN(c2ccccc2)CC1)C(=O)c1ccccc1. The lowest BCUT2D eigenvalue weighted by Crippen LogP contribution is -2.49. The molecule has 7 nitrogen and oxygen atoms in total. The summed E-state index contributed by atoms with van der Waals surface area (Å²) in [5.41, 5.74) is 8.94. The number of carbonyl (C=O) groups is 2. The third-order valence-electron chi connectivity index (χ3n) is 6.12. The smallest absolute Gasteiger partial charge is 0.340 e. The summed E-state index contributed by atoms with van der Waals surface area (Å²) >= 11 is 0. The number of piperazine rings is 1. The van der Waals surface area contributed by atoms with Crippen molar-refractivity contribution in [1.29, 1.82) is 0 Å². The van der Waals surface area contributed by atoms with E-state index in [9.17, 15) is 9.59 Å². The summed E-state index contributed by atoms with van der Waals surface area (Å²) in [6.45, 7) is 4.76. The zero-order valence-corrected chi connectivity index (χ0v) is 19.4. The van der Waals surface area contributed by atoms with Crippen LogP contribution in [0.5, 0.6) is 0 Å². The highest BCUT2D eigenvalue weighted by Crippen LogP contribution is 2.26. The first-order chi connectivity index (χ1) is 16.6.